The first-order chi connectivity index (χ1) is 12.8. The van der Waals surface area contributed by atoms with E-state index < -0.39 is 11.9 Å². The van der Waals surface area contributed by atoms with Gasteiger partial charge < -0.3 is 9.47 Å². The minimum atomic E-state index is -0.545. The molecule has 0 saturated carbocycles. The zero-order valence-electron chi connectivity index (χ0n) is 16.3. The molecule has 2 aromatic heterocycles. The van der Waals surface area contributed by atoms with E-state index >= 15 is 0 Å². The van der Waals surface area contributed by atoms with E-state index in [1.54, 1.807) is 38.4 Å². The van der Waals surface area contributed by atoms with Crippen LogP contribution in [0.1, 0.15) is 61.0 Å². The Balaban J connectivity index is 2.41. The van der Waals surface area contributed by atoms with Crippen molar-refractivity contribution in [2.75, 3.05) is 0 Å². The van der Waals surface area contributed by atoms with Crippen molar-refractivity contribution in [1.82, 2.24) is 9.61 Å². The van der Waals surface area contributed by atoms with Crippen LogP contribution >= 0.6 is 0 Å². The molecule has 0 unspecified atom stereocenters. The summed E-state index contributed by atoms with van der Waals surface area (Å²) in [5.74, 6) is -1.08. The molecule has 6 nitrogen and oxygen atoms in total. The van der Waals surface area contributed by atoms with Crippen molar-refractivity contribution >= 4 is 28.2 Å². The number of carbonyl (C=O) groups excluding carboxylic acids is 2. The third-order valence-corrected chi connectivity index (χ3v) is 4.20. The van der Waals surface area contributed by atoms with Crippen molar-refractivity contribution < 1.29 is 19.1 Å². The van der Waals surface area contributed by atoms with Gasteiger partial charge in [-0.05, 0) is 34.1 Å². The number of hydrogen-bond donors (Lipinski definition) is 0. The first kappa shape index (κ1) is 18.9. The summed E-state index contributed by atoms with van der Waals surface area (Å²) in [6.45, 7) is 9.03. The maximum Gasteiger partial charge on any atom is 0.341 e. The zero-order chi connectivity index (χ0) is 19.7. The van der Waals surface area contributed by atoms with Crippen molar-refractivity contribution in [1.29, 1.82) is 0 Å². The molecule has 27 heavy (non-hydrogen) atoms. The number of aromatic nitrogens is 2. The van der Waals surface area contributed by atoms with Crippen molar-refractivity contribution in [3.63, 3.8) is 0 Å². The SMILES string of the molecule is CCc1c(C(=O)OC(C)C)c(C(=O)OC(C)C)c2c3ccccc3cnn12. The molecule has 0 fully saturated rings. The maximum absolute atomic E-state index is 13.0. The summed E-state index contributed by atoms with van der Waals surface area (Å²) in [5.41, 5.74) is 1.67. The number of nitrogens with zero attached hydrogens (tertiary/aromatic N) is 2. The van der Waals surface area contributed by atoms with Gasteiger partial charge in [-0.25, -0.2) is 14.1 Å². The number of aryl methyl sites for hydroxylation is 1. The molecule has 142 valence electrons. The van der Waals surface area contributed by atoms with Crippen molar-refractivity contribution in [2.24, 2.45) is 0 Å². The van der Waals surface area contributed by atoms with Gasteiger partial charge in [0.2, 0.25) is 0 Å². The lowest BCUT2D eigenvalue weighted by atomic mass is 10.1. The maximum atomic E-state index is 13.0. The average Bonchev–Trinajstić information content (AvgIpc) is 2.95. The summed E-state index contributed by atoms with van der Waals surface area (Å²) in [4.78, 5) is 25.9. The Labute approximate surface area is 158 Å². The van der Waals surface area contributed by atoms with Gasteiger partial charge >= 0.3 is 11.9 Å². The van der Waals surface area contributed by atoms with Crippen molar-refractivity contribution in [3.05, 3.63) is 47.3 Å². The van der Waals surface area contributed by atoms with E-state index in [2.05, 4.69) is 5.10 Å². The second kappa shape index (κ2) is 7.39. The third kappa shape index (κ3) is 3.39. The molecule has 3 aromatic rings. The van der Waals surface area contributed by atoms with Crippen LogP contribution in [0.25, 0.3) is 16.3 Å². The molecule has 0 radical (unpaired) electrons. The quantitative estimate of drug-likeness (QED) is 0.632. The summed E-state index contributed by atoms with van der Waals surface area (Å²) in [7, 11) is 0. The summed E-state index contributed by atoms with van der Waals surface area (Å²) in [6.07, 6.45) is 1.64. The fourth-order valence-corrected chi connectivity index (χ4v) is 3.22. The molecule has 0 spiro atoms. The molecule has 0 N–H and O–H groups in total. The van der Waals surface area contributed by atoms with Gasteiger partial charge in [0.15, 0.2) is 0 Å². The van der Waals surface area contributed by atoms with Crippen LogP contribution in [-0.2, 0) is 15.9 Å². The number of ether oxygens (including phenoxy) is 2. The Morgan fingerprint density at radius 3 is 2.19 bits per heavy atom. The fourth-order valence-electron chi connectivity index (χ4n) is 3.22. The van der Waals surface area contributed by atoms with Crippen LogP contribution in [0.2, 0.25) is 0 Å². The lowest BCUT2D eigenvalue weighted by Gasteiger charge is -2.11. The zero-order valence-corrected chi connectivity index (χ0v) is 16.3. The molecule has 0 saturated heterocycles. The first-order valence-electron chi connectivity index (χ1n) is 9.18. The predicted octanol–water partition coefficient (Wildman–Crippen LogP) is 4.18. The van der Waals surface area contributed by atoms with Gasteiger partial charge in [-0.3, -0.25) is 0 Å². The van der Waals surface area contributed by atoms with E-state index in [1.165, 1.54) is 0 Å². The minimum absolute atomic E-state index is 0.218. The molecule has 2 heterocycles. The predicted molar refractivity (Wildman–Crippen MR) is 103 cm³/mol. The molecule has 0 aliphatic rings. The van der Waals surface area contributed by atoms with Crippen LogP contribution in [0.15, 0.2) is 30.5 Å². The van der Waals surface area contributed by atoms with E-state index in [4.69, 9.17) is 9.47 Å². The van der Waals surface area contributed by atoms with E-state index in [0.717, 1.165) is 10.8 Å². The lowest BCUT2D eigenvalue weighted by molar-refractivity contribution is 0.0330. The Hall–Kier alpha value is -2.89. The Bertz CT molecular complexity index is 1020. The van der Waals surface area contributed by atoms with E-state index in [1.807, 2.05) is 31.2 Å². The number of fused-ring (bicyclic) bond motifs is 3. The summed E-state index contributed by atoms with van der Waals surface area (Å²) >= 11 is 0. The third-order valence-electron chi connectivity index (χ3n) is 4.20. The number of carbonyl (C=O) groups is 2. The highest BCUT2D eigenvalue weighted by molar-refractivity contribution is 6.15. The first-order valence-corrected chi connectivity index (χ1v) is 9.18. The Morgan fingerprint density at radius 2 is 1.59 bits per heavy atom. The molecule has 0 atom stereocenters. The number of esters is 2. The second-order valence-electron chi connectivity index (χ2n) is 6.95. The highest BCUT2D eigenvalue weighted by atomic mass is 16.5. The molecule has 1 aromatic carbocycles. The highest BCUT2D eigenvalue weighted by Crippen LogP contribution is 2.31. The van der Waals surface area contributed by atoms with Crippen LogP contribution in [0.4, 0.5) is 0 Å². The number of rotatable bonds is 5. The highest BCUT2D eigenvalue weighted by Gasteiger charge is 2.31. The number of benzene rings is 1. The summed E-state index contributed by atoms with van der Waals surface area (Å²) in [6, 6.07) is 7.63. The monoisotopic (exact) mass is 368 g/mol. The Morgan fingerprint density at radius 1 is 1.00 bits per heavy atom. The number of hydrogen-bond acceptors (Lipinski definition) is 5. The van der Waals surface area contributed by atoms with Gasteiger partial charge in [0.25, 0.3) is 0 Å². The van der Waals surface area contributed by atoms with Gasteiger partial charge in [-0.1, -0.05) is 31.2 Å². The van der Waals surface area contributed by atoms with Gasteiger partial charge in [0.05, 0.1) is 35.2 Å². The van der Waals surface area contributed by atoms with Gasteiger partial charge in [-0.15, -0.1) is 0 Å². The van der Waals surface area contributed by atoms with Gasteiger partial charge in [0.1, 0.15) is 5.56 Å². The van der Waals surface area contributed by atoms with Gasteiger partial charge in [0, 0.05) is 10.8 Å². The largest absolute Gasteiger partial charge is 0.459 e. The minimum Gasteiger partial charge on any atom is -0.459 e. The van der Waals surface area contributed by atoms with Crippen LogP contribution in [0.5, 0.6) is 0 Å². The average molecular weight is 368 g/mol. The van der Waals surface area contributed by atoms with Gasteiger partial charge in [-0.2, -0.15) is 5.10 Å². The molecule has 0 amide bonds. The normalized spacial score (nSPS) is 11.5. The molecule has 0 bridgehead atoms. The summed E-state index contributed by atoms with van der Waals surface area (Å²) < 4.78 is 12.6. The Kier molecular flexibility index (Phi) is 5.17. The lowest BCUT2D eigenvalue weighted by Crippen LogP contribution is -2.18. The molecule has 0 aliphatic carbocycles. The summed E-state index contributed by atoms with van der Waals surface area (Å²) in [5, 5.41) is 6.20. The molecular formula is C21H24N2O4. The van der Waals surface area contributed by atoms with Crippen LogP contribution in [-0.4, -0.2) is 33.8 Å². The smallest absolute Gasteiger partial charge is 0.341 e. The molecule has 0 aliphatic heterocycles. The van der Waals surface area contributed by atoms with Crippen LogP contribution < -0.4 is 0 Å². The molecular weight excluding hydrogens is 344 g/mol. The van der Waals surface area contributed by atoms with Crippen LogP contribution in [0.3, 0.4) is 0 Å². The standard InChI is InChI=1S/C21H24N2O4/c1-6-16-17(20(24)26-12(2)3)18(21(25)27-13(4)5)19-15-10-8-7-9-14(15)11-22-23(16)19/h7-13H,6H2,1-5H3. The van der Waals surface area contributed by atoms with E-state index in [0.29, 0.717) is 17.6 Å². The fraction of sp³-hybridized carbons (Fsp3) is 0.381. The van der Waals surface area contributed by atoms with Crippen LogP contribution in [0, 0.1) is 0 Å². The molecule has 3 rings (SSSR count). The molecule has 6 heteroatoms. The van der Waals surface area contributed by atoms with Crippen molar-refractivity contribution in [2.45, 2.75) is 53.2 Å². The van der Waals surface area contributed by atoms with E-state index in [-0.39, 0.29) is 23.3 Å². The second-order valence-corrected chi connectivity index (χ2v) is 6.95. The topological polar surface area (TPSA) is 69.9 Å². The van der Waals surface area contributed by atoms with Crippen molar-refractivity contribution in [3.8, 4) is 0 Å². The van der Waals surface area contributed by atoms with E-state index in [9.17, 15) is 9.59 Å².